The predicted octanol–water partition coefficient (Wildman–Crippen LogP) is 5.63. The molecule has 0 radical (unpaired) electrons. The molecule has 1 unspecified atom stereocenters. The summed E-state index contributed by atoms with van der Waals surface area (Å²) < 4.78 is 83.2. The van der Waals surface area contributed by atoms with Gasteiger partial charge in [-0.2, -0.15) is 26.3 Å². The van der Waals surface area contributed by atoms with Crippen molar-refractivity contribution in [1.29, 1.82) is 0 Å². The molecule has 0 amide bonds. The Hall–Kier alpha value is -2.90. The fourth-order valence-electron chi connectivity index (χ4n) is 3.45. The molecule has 8 heteroatoms. The second kappa shape index (κ2) is 6.61. The molecule has 0 fully saturated rings. The van der Waals surface area contributed by atoms with Crippen molar-refractivity contribution >= 4 is 16.9 Å². The average Bonchev–Trinajstić information content (AvgIpc) is 2.59. The van der Waals surface area contributed by atoms with Crippen molar-refractivity contribution in [3.05, 3.63) is 77.4 Å². The van der Waals surface area contributed by atoms with Crippen LogP contribution in [0.1, 0.15) is 17.5 Å². The van der Waals surface area contributed by atoms with Gasteiger partial charge in [0.15, 0.2) is 0 Å². The molecular formula is C20H16F6N2. The van der Waals surface area contributed by atoms with Gasteiger partial charge >= 0.3 is 12.4 Å². The van der Waals surface area contributed by atoms with E-state index in [4.69, 9.17) is 11.5 Å². The second-order valence-corrected chi connectivity index (χ2v) is 6.57. The zero-order valence-corrected chi connectivity index (χ0v) is 14.4. The molecule has 3 rings (SSSR count). The molecule has 1 aliphatic carbocycles. The van der Waals surface area contributed by atoms with E-state index in [9.17, 15) is 26.3 Å². The van der Waals surface area contributed by atoms with Crippen LogP contribution < -0.4 is 11.5 Å². The Morgan fingerprint density at radius 1 is 0.821 bits per heavy atom. The molecule has 0 bridgehead atoms. The zero-order chi connectivity index (χ0) is 20.7. The number of nitrogen functional groups attached to an aromatic ring is 2. The summed E-state index contributed by atoms with van der Waals surface area (Å²) in [4.78, 5) is 0. The van der Waals surface area contributed by atoms with Crippen molar-refractivity contribution in [1.82, 2.24) is 0 Å². The number of hydrogen-bond donors (Lipinski definition) is 2. The minimum atomic E-state index is -4.88. The SMILES string of the molecule is Nc1cccc(C2=CC(C(F)(F)F)=CCC2(c2cccc(N)c2)C(F)(F)F)c1. The summed E-state index contributed by atoms with van der Waals surface area (Å²) in [5.41, 5.74) is 6.97. The molecule has 4 N–H and O–H groups in total. The first-order valence-electron chi connectivity index (χ1n) is 8.23. The minimum Gasteiger partial charge on any atom is -0.399 e. The van der Waals surface area contributed by atoms with E-state index < -0.39 is 35.3 Å². The third-order valence-corrected chi connectivity index (χ3v) is 4.78. The molecule has 28 heavy (non-hydrogen) atoms. The Morgan fingerprint density at radius 2 is 1.43 bits per heavy atom. The normalized spacial score (nSPS) is 20.5. The first kappa shape index (κ1) is 19.9. The van der Waals surface area contributed by atoms with Gasteiger partial charge in [-0.1, -0.05) is 30.3 Å². The van der Waals surface area contributed by atoms with Gasteiger partial charge in [0, 0.05) is 11.4 Å². The second-order valence-electron chi connectivity index (χ2n) is 6.57. The van der Waals surface area contributed by atoms with Crippen LogP contribution in [0, 0.1) is 0 Å². The highest BCUT2D eigenvalue weighted by atomic mass is 19.4. The molecule has 1 atom stereocenters. The minimum absolute atomic E-state index is 0.0328. The van der Waals surface area contributed by atoms with Gasteiger partial charge in [0.25, 0.3) is 0 Å². The van der Waals surface area contributed by atoms with Crippen LogP contribution in [0.5, 0.6) is 0 Å². The maximum Gasteiger partial charge on any atom is 0.416 e. The first-order chi connectivity index (χ1) is 12.9. The lowest BCUT2D eigenvalue weighted by molar-refractivity contribution is -0.172. The van der Waals surface area contributed by atoms with E-state index in [1.54, 1.807) is 0 Å². The van der Waals surface area contributed by atoms with E-state index in [1.807, 2.05) is 0 Å². The number of allylic oxidation sites excluding steroid dienone is 4. The lowest BCUT2D eigenvalue weighted by Gasteiger charge is -2.40. The molecule has 0 saturated heterocycles. The Bertz CT molecular complexity index is 956. The predicted molar refractivity (Wildman–Crippen MR) is 96.2 cm³/mol. The topological polar surface area (TPSA) is 52.0 Å². The van der Waals surface area contributed by atoms with Crippen LogP contribution in [-0.4, -0.2) is 12.4 Å². The standard InChI is InChI=1S/C20H16F6N2/c21-19(22,23)14-7-8-18(20(24,25)26,13-4-2-6-16(28)10-13)17(11-14)12-3-1-5-15(27)9-12/h1-7,9-11H,8,27-28H2. The van der Waals surface area contributed by atoms with E-state index in [1.165, 1.54) is 42.5 Å². The molecule has 0 heterocycles. The van der Waals surface area contributed by atoms with Crippen molar-refractivity contribution in [3.8, 4) is 0 Å². The summed E-state index contributed by atoms with van der Waals surface area (Å²) in [5, 5.41) is 0. The summed E-state index contributed by atoms with van der Waals surface area (Å²) in [6.45, 7) is 0. The maximum absolute atomic E-state index is 14.5. The van der Waals surface area contributed by atoms with E-state index in [-0.39, 0.29) is 22.5 Å². The lowest BCUT2D eigenvalue weighted by Crippen LogP contribution is -2.44. The molecule has 0 aliphatic heterocycles. The van der Waals surface area contributed by atoms with Gasteiger partial charge in [0.2, 0.25) is 0 Å². The lowest BCUT2D eigenvalue weighted by atomic mass is 9.65. The van der Waals surface area contributed by atoms with Gasteiger partial charge in [-0.3, -0.25) is 0 Å². The number of alkyl halides is 6. The molecule has 2 aromatic rings. The number of benzene rings is 2. The van der Waals surface area contributed by atoms with Gasteiger partial charge in [0.05, 0.1) is 5.57 Å². The van der Waals surface area contributed by atoms with Crippen LogP contribution in [0.3, 0.4) is 0 Å². The van der Waals surface area contributed by atoms with Gasteiger partial charge in [-0.15, -0.1) is 0 Å². The number of halogens is 6. The van der Waals surface area contributed by atoms with Crippen molar-refractivity contribution in [2.75, 3.05) is 11.5 Å². The molecule has 0 spiro atoms. The number of hydrogen-bond acceptors (Lipinski definition) is 2. The molecule has 2 nitrogen and oxygen atoms in total. The molecule has 2 aromatic carbocycles. The third-order valence-electron chi connectivity index (χ3n) is 4.78. The monoisotopic (exact) mass is 398 g/mol. The molecular weight excluding hydrogens is 382 g/mol. The Kier molecular flexibility index (Phi) is 4.69. The van der Waals surface area contributed by atoms with Gasteiger partial charge in [-0.05, 0) is 53.5 Å². The molecule has 148 valence electrons. The average molecular weight is 398 g/mol. The van der Waals surface area contributed by atoms with Crippen molar-refractivity contribution in [3.63, 3.8) is 0 Å². The Morgan fingerprint density at radius 3 is 1.96 bits per heavy atom. The van der Waals surface area contributed by atoms with Crippen LogP contribution >= 0.6 is 0 Å². The summed E-state index contributed by atoms with van der Waals surface area (Å²) in [6, 6.07) is 10.5. The van der Waals surface area contributed by atoms with Crippen LogP contribution in [0.15, 0.2) is 66.3 Å². The summed E-state index contributed by atoms with van der Waals surface area (Å²) >= 11 is 0. The van der Waals surface area contributed by atoms with Gasteiger partial charge in [-0.25, -0.2) is 0 Å². The quantitative estimate of drug-likeness (QED) is 0.509. The third kappa shape index (κ3) is 3.34. The summed E-state index contributed by atoms with van der Waals surface area (Å²) in [5.74, 6) is 0. The van der Waals surface area contributed by atoms with Gasteiger partial charge < -0.3 is 11.5 Å². The summed E-state index contributed by atoms with van der Waals surface area (Å²) in [7, 11) is 0. The van der Waals surface area contributed by atoms with E-state index in [2.05, 4.69) is 0 Å². The van der Waals surface area contributed by atoms with Crippen molar-refractivity contribution in [2.24, 2.45) is 0 Å². The van der Waals surface area contributed by atoms with Crippen LogP contribution in [0.25, 0.3) is 5.57 Å². The summed E-state index contributed by atoms with van der Waals surface area (Å²) in [6.07, 6.45) is -9.44. The largest absolute Gasteiger partial charge is 0.416 e. The molecule has 0 aromatic heterocycles. The van der Waals surface area contributed by atoms with Crippen LogP contribution in [-0.2, 0) is 5.41 Å². The van der Waals surface area contributed by atoms with E-state index >= 15 is 0 Å². The smallest absolute Gasteiger partial charge is 0.399 e. The van der Waals surface area contributed by atoms with Crippen LogP contribution in [0.2, 0.25) is 0 Å². The van der Waals surface area contributed by atoms with Crippen LogP contribution in [0.4, 0.5) is 37.7 Å². The molecule has 0 saturated carbocycles. The van der Waals surface area contributed by atoms with Crippen molar-refractivity contribution in [2.45, 2.75) is 24.2 Å². The van der Waals surface area contributed by atoms with Gasteiger partial charge in [0.1, 0.15) is 5.41 Å². The fraction of sp³-hybridized carbons (Fsp3) is 0.200. The van der Waals surface area contributed by atoms with E-state index in [0.717, 1.165) is 6.07 Å². The highest BCUT2D eigenvalue weighted by Gasteiger charge is 2.59. The molecule has 1 aliphatic rings. The number of nitrogens with two attached hydrogens (primary N) is 2. The fourth-order valence-corrected chi connectivity index (χ4v) is 3.45. The Balaban J connectivity index is 2.35. The Labute approximate surface area is 157 Å². The maximum atomic E-state index is 14.5. The highest BCUT2D eigenvalue weighted by molar-refractivity contribution is 5.82. The number of rotatable bonds is 2. The number of anilines is 2. The van der Waals surface area contributed by atoms with E-state index in [0.29, 0.717) is 12.2 Å². The highest BCUT2D eigenvalue weighted by Crippen LogP contribution is 2.56. The first-order valence-corrected chi connectivity index (χ1v) is 8.23. The van der Waals surface area contributed by atoms with Crippen molar-refractivity contribution < 1.29 is 26.3 Å². The zero-order valence-electron chi connectivity index (χ0n) is 14.4.